The van der Waals surface area contributed by atoms with Gasteiger partial charge < -0.3 is 20.5 Å². The van der Waals surface area contributed by atoms with Gasteiger partial charge in [0.25, 0.3) is 0 Å². The quantitative estimate of drug-likeness (QED) is 0.836. The number of nitrogens with one attached hydrogen (secondary N) is 1. The van der Waals surface area contributed by atoms with Gasteiger partial charge in [0.15, 0.2) is 0 Å². The first-order valence-corrected chi connectivity index (χ1v) is 6.00. The van der Waals surface area contributed by atoms with Crippen molar-refractivity contribution in [3.05, 3.63) is 17.7 Å². The van der Waals surface area contributed by atoms with E-state index in [4.69, 9.17) is 15.2 Å². The van der Waals surface area contributed by atoms with Crippen LogP contribution in [0.2, 0.25) is 0 Å². The van der Waals surface area contributed by atoms with E-state index < -0.39 is 0 Å². The maximum absolute atomic E-state index is 5.61. The van der Waals surface area contributed by atoms with Crippen molar-refractivity contribution in [1.29, 1.82) is 0 Å². The Bertz CT molecular complexity index is 393. The third-order valence-corrected chi connectivity index (χ3v) is 3.28. The first kappa shape index (κ1) is 12.0. The molecule has 0 bridgehead atoms. The summed E-state index contributed by atoms with van der Waals surface area (Å²) in [6.07, 6.45) is 3.08. The maximum Gasteiger partial charge on any atom is 0.142 e. The number of rotatable bonds is 4. The molecule has 3 N–H and O–H groups in total. The number of methoxy groups -OCH3 is 2. The minimum atomic E-state index is 0.438. The molecule has 4 heteroatoms. The summed E-state index contributed by atoms with van der Waals surface area (Å²) >= 11 is 0. The molecule has 2 rings (SSSR count). The fraction of sp³-hybridized carbons (Fsp3) is 0.538. The van der Waals surface area contributed by atoms with Gasteiger partial charge in [-0.1, -0.05) is 0 Å². The van der Waals surface area contributed by atoms with Crippen LogP contribution >= 0.6 is 0 Å². The van der Waals surface area contributed by atoms with E-state index in [-0.39, 0.29) is 0 Å². The molecule has 1 unspecified atom stereocenters. The summed E-state index contributed by atoms with van der Waals surface area (Å²) in [6, 6.07) is 4.34. The van der Waals surface area contributed by atoms with Crippen molar-refractivity contribution in [3.8, 4) is 11.5 Å². The molecule has 0 aliphatic carbocycles. The second-order valence-electron chi connectivity index (χ2n) is 4.28. The molecule has 0 amide bonds. The molecule has 0 fully saturated rings. The Labute approximate surface area is 102 Å². The summed E-state index contributed by atoms with van der Waals surface area (Å²) in [5.41, 5.74) is 7.88. The van der Waals surface area contributed by atoms with Gasteiger partial charge in [-0.3, -0.25) is 0 Å². The molecule has 1 atom stereocenters. The van der Waals surface area contributed by atoms with Crippen molar-refractivity contribution in [2.24, 2.45) is 5.73 Å². The van der Waals surface area contributed by atoms with E-state index in [1.54, 1.807) is 14.2 Å². The van der Waals surface area contributed by atoms with Crippen LogP contribution < -0.4 is 20.5 Å². The van der Waals surface area contributed by atoms with E-state index in [9.17, 15) is 0 Å². The third kappa shape index (κ3) is 2.31. The normalized spacial score (nSPS) is 18.2. The van der Waals surface area contributed by atoms with Crippen LogP contribution in [0, 0.1) is 0 Å². The molecule has 1 aliphatic heterocycles. The van der Waals surface area contributed by atoms with E-state index in [2.05, 4.69) is 5.32 Å². The van der Waals surface area contributed by atoms with Gasteiger partial charge >= 0.3 is 0 Å². The number of benzene rings is 1. The summed E-state index contributed by atoms with van der Waals surface area (Å²) in [5, 5.41) is 3.51. The zero-order chi connectivity index (χ0) is 12.3. The third-order valence-electron chi connectivity index (χ3n) is 3.28. The largest absolute Gasteiger partial charge is 0.496 e. The van der Waals surface area contributed by atoms with Crippen LogP contribution in [0.4, 0.5) is 5.69 Å². The molecular formula is C13H20N2O2. The monoisotopic (exact) mass is 236 g/mol. The standard InChI is InChI=1S/C13H20N2O2/c1-16-11-5-6-12(17-2)13-10(11)4-3-9(15-13)7-8-14/h5-6,9,15H,3-4,7-8,14H2,1-2H3. The van der Waals surface area contributed by atoms with Crippen LogP contribution in [-0.4, -0.2) is 26.8 Å². The second kappa shape index (κ2) is 5.27. The molecule has 0 saturated heterocycles. The highest BCUT2D eigenvalue weighted by Crippen LogP contribution is 2.39. The molecule has 1 aromatic carbocycles. The van der Waals surface area contributed by atoms with E-state index in [0.29, 0.717) is 12.6 Å². The Morgan fingerprint density at radius 3 is 2.65 bits per heavy atom. The molecule has 4 nitrogen and oxygen atoms in total. The van der Waals surface area contributed by atoms with Crippen LogP contribution in [0.25, 0.3) is 0 Å². The average Bonchev–Trinajstić information content (AvgIpc) is 2.37. The average molecular weight is 236 g/mol. The summed E-state index contributed by atoms with van der Waals surface area (Å²) < 4.78 is 10.8. The van der Waals surface area contributed by atoms with Crippen molar-refractivity contribution in [2.75, 3.05) is 26.1 Å². The predicted molar refractivity (Wildman–Crippen MR) is 68.9 cm³/mol. The van der Waals surface area contributed by atoms with E-state index in [1.807, 2.05) is 12.1 Å². The fourth-order valence-corrected chi connectivity index (χ4v) is 2.39. The lowest BCUT2D eigenvalue weighted by Gasteiger charge is -2.29. The molecule has 94 valence electrons. The van der Waals surface area contributed by atoms with Gasteiger partial charge in [-0.15, -0.1) is 0 Å². The van der Waals surface area contributed by atoms with Gasteiger partial charge in [-0.05, 0) is 37.9 Å². The van der Waals surface area contributed by atoms with Crippen LogP contribution in [-0.2, 0) is 6.42 Å². The summed E-state index contributed by atoms with van der Waals surface area (Å²) in [6.45, 7) is 0.708. The molecule has 0 saturated carbocycles. The van der Waals surface area contributed by atoms with Crippen LogP contribution in [0.15, 0.2) is 12.1 Å². The lowest BCUT2D eigenvalue weighted by atomic mass is 9.95. The van der Waals surface area contributed by atoms with Gasteiger partial charge in [-0.2, -0.15) is 0 Å². The lowest BCUT2D eigenvalue weighted by molar-refractivity contribution is 0.395. The van der Waals surface area contributed by atoms with Crippen molar-refractivity contribution in [2.45, 2.75) is 25.3 Å². The van der Waals surface area contributed by atoms with Gasteiger partial charge in [0, 0.05) is 11.6 Å². The SMILES string of the molecule is COc1ccc(OC)c2c1CCC(CCN)N2. The predicted octanol–water partition coefficient (Wildman–Crippen LogP) is 1.78. The molecule has 0 aromatic heterocycles. The molecular weight excluding hydrogens is 216 g/mol. The highest BCUT2D eigenvalue weighted by Gasteiger charge is 2.23. The Kier molecular flexibility index (Phi) is 3.74. The van der Waals surface area contributed by atoms with E-state index >= 15 is 0 Å². The second-order valence-corrected chi connectivity index (χ2v) is 4.28. The van der Waals surface area contributed by atoms with Gasteiger partial charge in [-0.25, -0.2) is 0 Å². The smallest absolute Gasteiger partial charge is 0.142 e. The maximum atomic E-state index is 5.61. The van der Waals surface area contributed by atoms with Crippen molar-refractivity contribution in [1.82, 2.24) is 0 Å². The molecule has 17 heavy (non-hydrogen) atoms. The topological polar surface area (TPSA) is 56.5 Å². The minimum Gasteiger partial charge on any atom is -0.496 e. The molecule has 0 spiro atoms. The lowest BCUT2D eigenvalue weighted by Crippen LogP contribution is -2.28. The van der Waals surface area contributed by atoms with Crippen molar-refractivity contribution < 1.29 is 9.47 Å². The highest BCUT2D eigenvalue weighted by atomic mass is 16.5. The van der Waals surface area contributed by atoms with Crippen LogP contribution in [0.5, 0.6) is 11.5 Å². The summed E-state index contributed by atoms with van der Waals surface area (Å²) in [4.78, 5) is 0. The highest BCUT2D eigenvalue weighted by molar-refractivity contribution is 5.68. The Balaban J connectivity index is 2.33. The minimum absolute atomic E-state index is 0.438. The summed E-state index contributed by atoms with van der Waals surface area (Å²) in [5.74, 6) is 1.81. The van der Waals surface area contributed by atoms with Gasteiger partial charge in [0.05, 0.1) is 19.9 Å². The van der Waals surface area contributed by atoms with Crippen LogP contribution in [0.3, 0.4) is 0 Å². The number of anilines is 1. The zero-order valence-electron chi connectivity index (χ0n) is 10.5. The number of ether oxygens (including phenoxy) is 2. The molecule has 0 radical (unpaired) electrons. The van der Waals surface area contributed by atoms with E-state index in [0.717, 1.165) is 36.4 Å². The number of hydrogen-bond acceptors (Lipinski definition) is 4. The van der Waals surface area contributed by atoms with Crippen molar-refractivity contribution in [3.63, 3.8) is 0 Å². The number of fused-ring (bicyclic) bond motifs is 1. The molecule has 1 heterocycles. The number of nitrogens with two attached hydrogens (primary N) is 1. The Morgan fingerprint density at radius 1 is 1.29 bits per heavy atom. The van der Waals surface area contributed by atoms with Crippen LogP contribution in [0.1, 0.15) is 18.4 Å². The molecule has 1 aliphatic rings. The van der Waals surface area contributed by atoms with Crippen molar-refractivity contribution >= 4 is 5.69 Å². The first-order valence-electron chi connectivity index (χ1n) is 6.00. The zero-order valence-corrected chi connectivity index (χ0v) is 10.5. The first-order chi connectivity index (χ1) is 8.30. The summed E-state index contributed by atoms with van der Waals surface area (Å²) in [7, 11) is 3.39. The van der Waals surface area contributed by atoms with Gasteiger partial charge in [0.1, 0.15) is 11.5 Å². The van der Waals surface area contributed by atoms with Gasteiger partial charge in [0.2, 0.25) is 0 Å². The fourth-order valence-electron chi connectivity index (χ4n) is 2.39. The Hall–Kier alpha value is -1.42. The number of hydrogen-bond donors (Lipinski definition) is 2. The Morgan fingerprint density at radius 2 is 2.00 bits per heavy atom. The van der Waals surface area contributed by atoms with E-state index in [1.165, 1.54) is 5.56 Å². The molecule has 1 aromatic rings.